The van der Waals surface area contributed by atoms with E-state index >= 15 is 0 Å². The molecule has 0 aliphatic rings. The second-order valence-electron chi connectivity index (χ2n) is 3.06. The van der Waals surface area contributed by atoms with Gasteiger partial charge in [-0.05, 0) is 17.5 Å². The first kappa shape index (κ1) is 8.87. The molecule has 0 bridgehead atoms. The van der Waals surface area contributed by atoms with Crippen molar-refractivity contribution >= 4 is 37.9 Å². The largest absolute Gasteiger partial charge is 0.380 e. The van der Waals surface area contributed by atoms with Gasteiger partial charge in [-0.25, -0.2) is 4.39 Å². The highest BCUT2D eigenvalue weighted by Gasteiger charge is 2.14. The highest BCUT2D eigenvalue weighted by molar-refractivity contribution is 7.28. The van der Waals surface area contributed by atoms with Crippen molar-refractivity contribution in [2.24, 2.45) is 0 Å². The van der Waals surface area contributed by atoms with E-state index in [4.69, 9.17) is 5.73 Å². The lowest BCUT2D eigenvalue weighted by Crippen LogP contribution is -1.86. The third-order valence-electron chi connectivity index (χ3n) is 2.12. The van der Waals surface area contributed by atoms with Crippen molar-refractivity contribution in [3.63, 3.8) is 0 Å². The van der Waals surface area contributed by atoms with Crippen LogP contribution in [0.2, 0.25) is 0 Å². The van der Waals surface area contributed by atoms with Crippen molar-refractivity contribution in [3.05, 3.63) is 23.3 Å². The standard InChI is InChI=1S/C9H6FN3S2/c10-7-8(12-13-9(7)11)6-3-5-4(15-6)1-2-14-5/h1-3H,(H3,11,12,13). The number of thiophene rings is 2. The van der Waals surface area contributed by atoms with Crippen molar-refractivity contribution in [1.29, 1.82) is 0 Å². The Morgan fingerprint density at radius 3 is 2.93 bits per heavy atom. The summed E-state index contributed by atoms with van der Waals surface area (Å²) in [7, 11) is 0. The quantitative estimate of drug-likeness (QED) is 0.685. The average molecular weight is 239 g/mol. The Labute approximate surface area is 92.4 Å². The van der Waals surface area contributed by atoms with Gasteiger partial charge in [0.1, 0.15) is 5.69 Å². The Bertz CT molecular complexity index is 594. The van der Waals surface area contributed by atoms with Crippen molar-refractivity contribution in [3.8, 4) is 10.6 Å². The number of fused-ring (bicyclic) bond motifs is 1. The maximum Gasteiger partial charge on any atom is 0.193 e. The molecule has 0 aromatic carbocycles. The Morgan fingerprint density at radius 2 is 2.27 bits per heavy atom. The van der Waals surface area contributed by atoms with Crippen molar-refractivity contribution in [2.45, 2.75) is 0 Å². The maximum absolute atomic E-state index is 13.5. The lowest BCUT2D eigenvalue weighted by molar-refractivity contribution is 0.637. The van der Waals surface area contributed by atoms with Crippen LogP contribution >= 0.6 is 22.7 Å². The summed E-state index contributed by atoms with van der Waals surface area (Å²) < 4.78 is 15.8. The molecule has 0 fully saturated rings. The molecule has 3 rings (SSSR count). The lowest BCUT2D eigenvalue weighted by Gasteiger charge is -1.89. The predicted octanol–water partition coefficient (Wildman–Crippen LogP) is 3.07. The van der Waals surface area contributed by atoms with Gasteiger partial charge in [-0.15, -0.1) is 22.7 Å². The summed E-state index contributed by atoms with van der Waals surface area (Å²) in [6.45, 7) is 0. The number of aromatic amines is 1. The number of halogens is 1. The van der Waals surface area contributed by atoms with E-state index in [-0.39, 0.29) is 5.82 Å². The third kappa shape index (κ3) is 1.25. The second-order valence-corrected chi connectivity index (χ2v) is 5.09. The molecule has 3 aromatic heterocycles. The molecule has 3 N–H and O–H groups in total. The van der Waals surface area contributed by atoms with E-state index in [1.165, 1.54) is 11.3 Å². The number of nitrogen functional groups attached to an aromatic ring is 1. The highest BCUT2D eigenvalue weighted by Crippen LogP contribution is 2.37. The first-order valence-corrected chi connectivity index (χ1v) is 5.92. The minimum absolute atomic E-state index is 0.0817. The summed E-state index contributed by atoms with van der Waals surface area (Å²) in [5, 5.41) is 8.26. The van der Waals surface area contributed by atoms with Crippen molar-refractivity contribution in [2.75, 3.05) is 5.73 Å². The average Bonchev–Trinajstić information content (AvgIpc) is 2.82. The highest BCUT2D eigenvalue weighted by atomic mass is 32.1. The molecule has 15 heavy (non-hydrogen) atoms. The van der Waals surface area contributed by atoms with E-state index in [9.17, 15) is 4.39 Å². The van der Waals surface area contributed by atoms with Gasteiger partial charge < -0.3 is 5.73 Å². The molecule has 76 valence electrons. The summed E-state index contributed by atoms with van der Waals surface area (Å²) in [5.74, 6) is -0.550. The van der Waals surface area contributed by atoms with Gasteiger partial charge in [0.25, 0.3) is 0 Å². The first-order valence-electron chi connectivity index (χ1n) is 4.22. The SMILES string of the molecule is Nc1n[nH]c(-c2cc3sccc3s2)c1F. The van der Waals surface area contributed by atoms with Gasteiger partial charge in [0.15, 0.2) is 11.6 Å². The molecular weight excluding hydrogens is 233 g/mol. The van der Waals surface area contributed by atoms with Crippen LogP contribution in [0.4, 0.5) is 10.2 Å². The smallest absolute Gasteiger partial charge is 0.193 e. The number of nitrogens with two attached hydrogens (primary N) is 1. The molecule has 0 spiro atoms. The van der Waals surface area contributed by atoms with Gasteiger partial charge in [0.05, 0.1) is 4.88 Å². The number of H-pyrrole nitrogens is 1. The lowest BCUT2D eigenvalue weighted by atomic mass is 10.3. The zero-order chi connectivity index (χ0) is 10.4. The molecule has 0 aliphatic carbocycles. The van der Waals surface area contributed by atoms with Gasteiger partial charge in [0, 0.05) is 9.40 Å². The van der Waals surface area contributed by atoms with Gasteiger partial charge in [-0.3, -0.25) is 5.10 Å². The number of anilines is 1. The number of nitrogens with zero attached hydrogens (tertiary/aromatic N) is 1. The molecule has 3 heterocycles. The summed E-state index contributed by atoms with van der Waals surface area (Å²) in [4.78, 5) is 0.832. The number of hydrogen-bond donors (Lipinski definition) is 2. The summed E-state index contributed by atoms with van der Waals surface area (Å²) in [6, 6.07) is 3.96. The summed E-state index contributed by atoms with van der Waals surface area (Å²) >= 11 is 3.17. The fraction of sp³-hybridized carbons (Fsp3) is 0. The Hall–Kier alpha value is -1.40. The summed E-state index contributed by atoms with van der Waals surface area (Å²) in [5.41, 5.74) is 5.71. The minimum Gasteiger partial charge on any atom is -0.380 e. The number of hydrogen-bond acceptors (Lipinski definition) is 4. The van der Waals surface area contributed by atoms with Crippen LogP contribution in [0.5, 0.6) is 0 Å². The predicted molar refractivity (Wildman–Crippen MR) is 61.7 cm³/mol. The van der Waals surface area contributed by atoms with Gasteiger partial charge >= 0.3 is 0 Å². The first-order chi connectivity index (χ1) is 7.25. The molecule has 0 radical (unpaired) electrons. The van der Waals surface area contributed by atoms with Crippen LogP contribution in [0, 0.1) is 5.82 Å². The maximum atomic E-state index is 13.5. The van der Waals surface area contributed by atoms with Crippen LogP contribution in [0.3, 0.4) is 0 Å². The zero-order valence-corrected chi connectivity index (χ0v) is 9.08. The fourth-order valence-electron chi connectivity index (χ4n) is 1.39. The van der Waals surface area contributed by atoms with Crippen molar-refractivity contribution in [1.82, 2.24) is 10.2 Å². The van der Waals surface area contributed by atoms with E-state index in [1.807, 2.05) is 17.5 Å². The Kier molecular flexibility index (Phi) is 1.80. The van der Waals surface area contributed by atoms with E-state index in [0.717, 1.165) is 14.3 Å². The molecule has 3 nitrogen and oxygen atoms in total. The summed E-state index contributed by atoms with van der Waals surface area (Å²) in [6.07, 6.45) is 0. The molecule has 0 amide bonds. The van der Waals surface area contributed by atoms with Gasteiger partial charge in [-0.1, -0.05) is 0 Å². The molecule has 6 heteroatoms. The van der Waals surface area contributed by atoms with Crippen LogP contribution in [-0.4, -0.2) is 10.2 Å². The molecular formula is C9H6FN3S2. The molecule has 0 unspecified atom stereocenters. The molecule has 0 saturated heterocycles. The van der Waals surface area contributed by atoms with Crippen LogP contribution < -0.4 is 5.73 Å². The number of nitrogens with one attached hydrogen (secondary N) is 1. The van der Waals surface area contributed by atoms with Crippen molar-refractivity contribution < 1.29 is 4.39 Å². The van der Waals surface area contributed by atoms with E-state index in [2.05, 4.69) is 10.2 Å². The van der Waals surface area contributed by atoms with Crippen LogP contribution in [-0.2, 0) is 0 Å². The van der Waals surface area contributed by atoms with Gasteiger partial charge in [0.2, 0.25) is 0 Å². The minimum atomic E-state index is -0.469. The zero-order valence-electron chi connectivity index (χ0n) is 7.45. The molecule has 0 saturated carbocycles. The Balaban J connectivity index is 2.21. The Morgan fingerprint density at radius 1 is 1.40 bits per heavy atom. The molecule has 0 atom stereocenters. The molecule has 3 aromatic rings. The van der Waals surface area contributed by atoms with E-state index < -0.39 is 5.82 Å². The fourth-order valence-corrected chi connectivity index (χ4v) is 3.49. The second kappa shape index (κ2) is 3.04. The van der Waals surface area contributed by atoms with E-state index in [0.29, 0.717) is 5.69 Å². The topological polar surface area (TPSA) is 54.7 Å². The van der Waals surface area contributed by atoms with Gasteiger partial charge in [-0.2, -0.15) is 5.10 Å². The van der Waals surface area contributed by atoms with Crippen LogP contribution in [0.1, 0.15) is 0 Å². The van der Waals surface area contributed by atoms with E-state index in [1.54, 1.807) is 11.3 Å². The molecule has 0 aliphatic heterocycles. The monoisotopic (exact) mass is 239 g/mol. The third-order valence-corrected chi connectivity index (χ3v) is 4.23. The normalized spacial score (nSPS) is 11.3. The number of rotatable bonds is 1. The van der Waals surface area contributed by atoms with Crippen LogP contribution in [0.25, 0.3) is 20.0 Å². The van der Waals surface area contributed by atoms with Crippen LogP contribution in [0.15, 0.2) is 17.5 Å². The number of aromatic nitrogens is 2.